The number of nitrogens with zero attached hydrogens (tertiary/aromatic N) is 2. The number of nitrogens with one attached hydrogen (secondary N) is 2. The van der Waals surface area contributed by atoms with Crippen LogP contribution >= 0.6 is 0 Å². The summed E-state index contributed by atoms with van der Waals surface area (Å²) in [5, 5.41) is 4.42. The number of halogens is 2. The zero-order valence-corrected chi connectivity index (χ0v) is 15.0. The zero-order chi connectivity index (χ0) is 19.3. The van der Waals surface area contributed by atoms with Gasteiger partial charge in [0, 0.05) is 46.2 Å². The van der Waals surface area contributed by atoms with Crippen LogP contribution in [0.1, 0.15) is 6.42 Å². The molecule has 1 aliphatic rings. The van der Waals surface area contributed by atoms with Crippen LogP contribution in [0.5, 0.6) is 0 Å². The van der Waals surface area contributed by atoms with E-state index >= 15 is 0 Å². The molecule has 3 amide bonds. The summed E-state index contributed by atoms with van der Waals surface area (Å²) in [6.07, 6.45) is 0.101. The van der Waals surface area contributed by atoms with Gasteiger partial charge in [-0.2, -0.15) is 4.31 Å². The van der Waals surface area contributed by atoms with Crippen LogP contribution in [-0.4, -0.2) is 69.3 Å². The van der Waals surface area contributed by atoms with Crippen molar-refractivity contribution in [2.24, 2.45) is 0 Å². The minimum absolute atomic E-state index is 0.101. The third-order valence-corrected chi connectivity index (χ3v) is 5.89. The Morgan fingerprint density at radius 2 is 1.77 bits per heavy atom. The maximum atomic E-state index is 13.3. The van der Waals surface area contributed by atoms with Gasteiger partial charge in [-0.15, -0.1) is 0 Å². The molecule has 26 heavy (non-hydrogen) atoms. The highest BCUT2D eigenvalue weighted by Crippen LogP contribution is 2.19. The summed E-state index contributed by atoms with van der Waals surface area (Å²) in [7, 11) is -2.51. The SMILES string of the molecule is CNC(=O)NC(=O)CCN1CCN(S(=O)(=O)c2ccc(F)c(F)c2)CC1. The molecule has 1 saturated heterocycles. The van der Waals surface area contributed by atoms with E-state index in [4.69, 9.17) is 0 Å². The van der Waals surface area contributed by atoms with Crippen molar-refractivity contribution >= 4 is 22.0 Å². The van der Waals surface area contributed by atoms with Crippen LogP contribution in [0, 0.1) is 11.6 Å². The lowest BCUT2D eigenvalue weighted by Gasteiger charge is -2.33. The number of sulfonamides is 1. The molecule has 144 valence electrons. The molecule has 0 bridgehead atoms. The van der Waals surface area contributed by atoms with Crippen LogP contribution in [0.25, 0.3) is 0 Å². The van der Waals surface area contributed by atoms with Gasteiger partial charge in [-0.05, 0) is 18.2 Å². The molecule has 1 aromatic rings. The molecule has 0 spiro atoms. The Morgan fingerprint density at radius 1 is 1.12 bits per heavy atom. The number of carbonyl (C=O) groups excluding carboxylic acids is 2. The van der Waals surface area contributed by atoms with Gasteiger partial charge in [-0.1, -0.05) is 0 Å². The van der Waals surface area contributed by atoms with Crippen LogP contribution in [0.15, 0.2) is 23.1 Å². The minimum atomic E-state index is -3.91. The lowest BCUT2D eigenvalue weighted by atomic mass is 10.3. The van der Waals surface area contributed by atoms with E-state index in [0.29, 0.717) is 25.7 Å². The molecule has 0 atom stereocenters. The van der Waals surface area contributed by atoms with Gasteiger partial charge in [0.25, 0.3) is 0 Å². The van der Waals surface area contributed by atoms with E-state index in [1.807, 2.05) is 4.90 Å². The predicted octanol–water partition coefficient (Wildman–Crippen LogP) is 0.117. The molecular formula is C15H20F2N4O4S. The fourth-order valence-electron chi connectivity index (χ4n) is 2.49. The van der Waals surface area contributed by atoms with Crippen LogP contribution in [0.4, 0.5) is 13.6 Å². The van der Waals surface area contributed by atoms with E-state index < -0.39 is 33.6 Å². The molecule has 8 nitrogen and oxygen atoms in total. The van der Waals surface area contributed by atoms with Crippen molar-refractivity contribution in [2.75, 3.05) is 39.8 Å². The number of hydrogen-bond donors (Lipinski definition) is 2. The zero-order valence-electron chi connectivity index (χ0n) is 14.2. The normalized spacial score (nSPS) is 16.3. The van der Waals surface area contributed by atoms with E-state index in [2.05, 4.69) is 10.6 Å². The first-order chi connectivity index (χ1) is 12.2. The van der Waals surface area contributed by atoms with E-state index in [1.54, 1.807) is 0 Å². The van der Waals surface area contributed by atoms with Gasteiger partial charge in [0.1, 0.15) is 0 Å². The lowest BCUT2D eigenvalue weighted by Crippen LogP contribution is -2.49. The van der Waals surface area contributed by atoms with Gasteiger partial charge in [-0.25, -0.2) is 22.0 Å². The smallest absolute Gasteiger partial charge is 0.321 e. The highest BCUT2D eigenvalue weighted by atomic mass is 32.2. The molecule has 11 heteroatoms. The third kappa shape index (κ3) is 4.96. The molecule has 0 aliphatic carbocycles. The summed E-state index contributed by atoms with van der Waals surface area (Å²) >= 11 is 0. The first-order valence-electron chi connectivity index (χ1n) is 7.93. The Kier molecular flexibility index (Phi) is 6.62. The Balaban J connectivity index is 1.88. The van der Waals surface area contributed by atoms with Gasteiger partial charge in [0.2, 0.25) is 15.9 Å². The second kappa shape index (κ2) is 8.52. The third-order valence-electron chi connectivity index (χ3n) is 4.00. The van der Waals surface area contributed by atoms with E-state index in [1.165, 1.54) is 11.4 Å². The molecular weight excluding hydrogens is 370 g/mol. The van der Waals surface area contributed by atoms with Crippen molar-refractivity contribution in [3.8, 4) is 0 Å². The van der Waals surface area contributed by atoms with Crippen molar-refractivity contribution in [2.45, 2.75) is 11.3 Å². The van der Waals surface area contributed by atoms with Gasteiger partial charge in [0.05, 0.1) is 4.90 Å². The molecule has 2 rings (SSSR count). The van der Waals surface area contributed by atoms with E-state index in [-0.39, 0.29) is 24.4 Å². The number of benzene rings is 1. The quantitative estimate of drug-likeness (QED) is 0.744. The Hall–Kier alpha value is -2.11. The second-order valence-electron chi connectivity index (χ2n) is 5.70. The average molecular weight is 390 g/mol. The van der Waals surface area contributed by atoms with Crippen LogP contribution in [0.2, 0.25) is 0 Å². The summed E-state index contributed by atoms with van der Waals surface area (Å²) in [4.78, 5) is 24.2. The summed E-state index contributed by atoms with van der Waals surface area (Å²) in [6, 6.07) is 1.89. The fraction of sp³-hybridized carbons (Fsp3) is 0.467. The highest BCUT2D eigenvalue weighted by molar-refractivity contribution is 7.89. The summed E-state index contributed by atoms with van der Waals surface area (Å²) in [5.41, 5.74) is 0. The predicted molar refractivity (Wildman–Crippen MR) is 88.8 cm³/mol. The van der Waals surface area contributed by atoms with Crippen molar-refractivity contribution in [1.29, 1.82) is 0 Å². The Labute approximate surface area is 150 Å². The summed E-state index contributed by atoms with van der Waals surface area (Å²) in [6.45, 7) is 1.48. The molecule has 2 N–H and O–H groups in total. The van der Waals surface area contributed by atoms with Gasteiger partial charge in [0.15, 0.2) is 11.6 Å². The highest BCUT2D eigenvalue weighted by Gasteiger charge is 2.29. The topological polar surface area (TPSA) is 98.8 Å². The molecule has 0 radical (unpaired) electrons. The number of rotatable bonds is 5. The van der Waals surface area contributed by atoms with Crippen LogP contribution in [-0.2, 0) is 14.8 Å². The lowest BCUT2D eigenvalue weighted by molar-refractivity contribution is -0.120. The molecule has 0 unspecified atom stereocenters. The van der Waals surface area contributed by atoms with Gasteiger partial charge in [-0.3, -0.25) is 10.1 Å². The largest absolute Gasteiger partial charge is 0.341 e. The summed E-state index contributed by atoms with van der Waals surface area (Å²) in [5.74, 6) is -2.75. The fourth-order valence-corrected chi connectivity index (χ4v) is 3.93. The molecule has 1 aliphatic heterocycles. The molecule has 1 aromatic carbocycles. The van der Waals surface area contributed by atoms with Crippen molar-refractivity contribution in [1.82, 2.24) is 19.8 Å². The number of piperazine rings is 1. The monoisotopic (exact) mass is 390 g/mol. The number of urea groups is 1. The van der Waals surface area contributed by atoms with Crippen molar-refractivity contribution in [3.05, 3.63) is 29.8 Å². The van der Waals surface area contributed by atoms with Crippen molar-refractivity contribution in [3.63, 3.8) is 0 Å². The first-order valence-corrected chi connectivity index (χ1v) is 9.37. The Morgan fingerprint density at radius 3 is 2.35 bits per heavy atom. The van der Waals surface area contributed by atoms with Gasteiger partial charge >= 0.3 is 6.03 Å². The maximum Gasteiger partial charge on any atom is 0.321 e. The minimum Gasteiger partial charge on any atom is -0.341 e. The van der Waals surface area contributed by atoms with Crippen LogP contribution < -0.4 is 10.6 Å². The molecule has 1 fully saturated rings. The average Bonchev–Trinajstić information content (AvgIpc) is 2.62. The second-order valence-corrected chi connectivity index (χ2v) is 7.64. The number of imide groups is 1. The molecule has 1 heterocycles. The number of amides is 3. The number of carbonyl (C=O) groups is 2. The van der Waals surface area contributed by atoms with Gasteiger partial charge < -0.3 is 10.2 Å². The van der Waals surface area contributed by atoms with E-state index in [9.17, 15) is 26.8 Å². The Bertz CT molecular complexity index is 780. The maximum absolute atomic E-state index is 13.3. The van der Waals surface area contributed by atoms with E-state index in [0.717, 1.165) is 12.1 Å². The standard InChI is InChI=1S/C15H20F2N4O4S/c1-18-15(23)19-14(22)4-5-20-6-8-21(9-7-20)26(24,25)11-2-3-12(16)13(17)10-11/h2-3,10H,4-9H2,1H3,(H2,18,19,22,23). The summed E-state index contributed by atoms with van der Waals surface area (Å²) < 4.78 is 52.5. The number of hydrogen-bond acceptors (Lipinski definition) is 5. The molecule has 0 saturated carbocycles. The van der Waals surface area contributed by atoms with Crippen LogP contribution in [0.3, 0.4) is 0 Å². The van der Waals surface area contributed by atoms with Crippen molar-refractivity contribution < 1.29 is 26.8 Å². The molecule has 0 aromatic heterocycles. The first kappa shape index (κ1) is 20.2.